The maximum atomic E-state index is 2.61. The predicted octanol–water partition coefficient (Wildman–Crippen LogP) is 4.86. The zero-order valence-corrected chi connectivity index (χ0v) is 18.4. The molecule has 0 bridgehead atoms. The fourth-order valence-corrected chi connectivity index (χ4v) is 13.0. The van der Waals surface area contributed by atoms with Crippen LogP contribution in [0.2, 0.25) is 31.2 Å². The first-order chi connectivity index (χ1) is 11.4. The van der Waals surface area contributed by atoms with Gasteiger partial charge in [-0.15, -0.1) is 0 Å². The molecule has 2 atom stereocenters. The van der Waals surface area contributed by atoms with Crippen LogP contribution < -0.4 is 15.6 Å². The molecule has 0 aromatic heterocycles. The molecule has 0 N–H and O–H groups in total. The topological polar surface area (TPSA) is 0 Å². The van der Waals surface area contributed by atoms with Gasteiger partial charge in [0.05, 0.1) is 8.07 Å². The first-order valence-corrected chi connectivity index (χ1v) is 15.1. The molecule has 0 nitrogen and oxygen atoms in total. The van der Waals surface area contributed by atoms with E-state index in [1.165, 1.54) is 18.1 Å². The third kappa shape index (κ3) is 3.75. The van der Waals surface area contributed by atoms with Crippen molar-refractivity contribution in [2.24, 2.45) is 5.92 Å². The van der Waals surface area contributed by atoms with Crippen LogP contribution in [0.1, 0.15) is 27.7 Å². The molecule has 0 saturated heterocycles. The quantitative estimate of drug-likeness (QED) is 0.623. The van der Waals surface area contributed by atoms with Gasteiger partial charge in [0.15, 0.2) is 0 Å². The monoisotopic (exact) mass is 354 g/mol. The van der Waals surface area contributed by atoms with E-state index >= 15 is 0 Å². The van der Waals surface area contributed by atoms with E-state index in [1.807, 2.05) is 0 Å². The average Bonchev–Trinajstić information content (AvgIpc) is 2.61. The minimum Gasteiger partial charge on any atom is -0.0675 e. The van der Waals surface area contributed by atoms with Gasteiger partial charge in [0.25, 0.3) is 0 Å². The highest BCUT2D eigenvalue weighted by atomic mass is 28.3. The number of rotatable bonds is 7. The molecule has 24 heavy (non-hydrogen) atoms. The van der Waals surface area contributed by atoms with Crippen LogP contribution in [0, 0.1) is 5.92 Å². The van der Waals surface area contributed by atoms with Gasteiger partial charge < -0.3 is 0 Å². The molecule has 2 heteroatoms. The van der Waals surface area contributed by atoms with Gasteiger partial charge in [0.1, 0.15) is 8.07 Å². The van der Waals surface area contributed by atoms with E-state index in [9.17, 15) is 0 Å². The summed E-state index contributed by atoms with van der Waals surface area (Å²) in [4.78, 5) is 0. The van der Waals surface area contributed by atoms with Gasteiger partial charge in [-0.2, -0.15) is 0 Å². The molecule has 2 rings (SSSR count). The van der Waals surface area contributed by atoms with Gasteiger partial charge in [0.2, 0.25) is 0 Å². The summed E-state index contributed by atoms with van der Waals surface area (Å²) in [5.41, 5.74) is 0. The lowest BCUT2D eigenvalue weighted by Gasteiger charge is -2.37. The summed E-state index contributed by atoms with van der Waals surface area (Å²) in [6, 6.07) is 24.8. The van der Waals surface area contributed by atoms with E-state index in [-0.39, 0.29) is 0 Å². The highest BCUT2D eigenvalue weighted by molar-refractivity contribution is 7.06. The van der Waals surface area contributed by atoms with Gasteiger partial charge >= 0.3 is 0 Å². The Bertz CT molecular complexity index is 650. The Morgan fingerprint density at radius 3 is 1.79 bits per heavy atom. The zero-order chi connectivity index (χ0) is 17.8. The molecule has 0 fully saturated rings. The standard InChI is InChI=1S/C22H34Si2/c1-7-23(5,18-19(3)4)21-16-12-13-17-22(21)24(6,8-2)20-14-10-9-11-15-20/h9-17,19H,7-8,18H2,1-6H3/t23-,24-/m0/s1. The largest absolute Gasteiger partial charge is 0.114 e. The van der Waals surface area contributed by atoms with Crippen LogP contribution >= 0.6 is 0 Å². The fourth-order valence-electron chi connectivity index (χ4n) is 4.19. The molecular formula is C22H34Si2. The highest BCUT2D eigenvalue weighted by Gasteiger charge is 2.37. The summed E-state index contributed by atoms with van der Waals surface area (Å²) in [5, 5.41) is 5.02. The van der Waals surface area contributed by atoms with Crippen LogP contribution in [0.5, 0.6) is 0 Å². The van der Waals surface area contributed by atoms with Crippen molar-refractivity contribution in [3.8, 4) is 0 Å². The summed E-state index contributed by atoms with van der Waals surface area (Å²) in [5.74, 6) is 0.779. The van der Waals surface area contributed by atoms with Crippen LogP contribution in [0.25, 0.3) is 0 Å². The van der Waals surface area contributed by atoms with Crippen molar-refractivity contribution in [2.75, 3.05) is 0 Å². The molecule has 0 spiro atoms. The van der Waals surface area contributed by atoms with Crippen LogP contribution in [0.4, 0.5) is 0 Å². The van der Waals surface area contributed by atoms with E-state index in [2.05, 4.69) is 95.4 Å². The van der Waals surface area contributed by atoms with E-state index in [0.29, 0.717) is 0 Å². The molecule has 130 valence electrons. The van der Waals surface area contributed by atoms with Crippen molar-refractivity contribution in [2.45, 2.75) is 58.9 Å². The molecule has 0 unspecified atom stereocenters. The molecule has 0 heterocycles. The van der Waals surface area contributed by atoms with Crippen molar-refractivity contribution < 1.29 is 0 Å². The molecule has 0 saturated carbocycles. The first kappa shape index (κ1) is 19.2. The van der Waals surface area contributed by atoms with E-state index in [0.717, 1.165) is 5.92 Å². The normalized spacial score (nSPS) is 16.6. The fraction of sp³-hybridized carbons (Fsp3) is 0.455. The zero-order valence-electron chi connectivity index (χ0n) is 16.4. The van der Waals surface area contributed by atoms with Crippen LogP contribution in [0.15, 0.2) is 54.6 Å². The molecule has 0 amide bonds. The number of hydrogen-bond donors (Lipinski definition) is 0. The Kier molecular flexibility index (Phi) is 6.27. The summed E-state index contributed by atoms with van der Waals surface area (Å²) < 4.78 is 0. The van der Waals surface area contributed by atoms with Gasteiger partial charge in [-0.3, -0.25) is 0 Å². The Morgan fingerprint density at radius 1 is 0.750 bits per heavy atom. The second kappa shape index (κ2) is 7.84. The lowest BCUT2D eigenvalue weighted by Crippen LogP contribution is -2.65. The van der Waals surface area contributed by atoms with Crippen molar-refractivity contribution in [1.82, 2.24) is 0 Å². The lowest BCUT2D eigenvalue weighted by molar-refractivity contribution is 0.720. The Morgan fingerprint density at radius 2 is 1.29 bits per heavy atom. The summed E-state index contributed by atoms with van der Waals surface area (Å²) in [6.45, 7) is 14.8. The predicted molar refractivity (Wildman–Crippen MR) is 116 cm³/mol. The second-order valence-electron chi connectivity index (χ2n) is 8.11. The average molecular weight is 355 g/mol. The maximum absolute atomic E-state index is 2.61. The highest BCUT2D eigenvalue weighted by Crippen LogP contribution is 2.22. The van der Waals surface area contributed by atoms with Crippen molar-refractivity contribution in [3.05, 3.63) is 54.6 Å². The molecular weight excluding hydrogens is 320 g/mol. The van der Waals surface area contributed by atoms with Crippen LogP contribution in [-0.4, -0.2) is 16.1 Å². The summed E-state index contributed by atoms with van der Waals surface area (Å²) in [7, 11) is -3.09. The molecule has 0 aliphatic heterocycles. The Labute approximate surface area is 151 Å². The lowest BCUT2D eigenvalue weighted by atomic mass is 10.3. The maximum Gasteiger partial charge on any atom is 0.114 e. The summed E-state index contributed by atoms with van der Waals surface area (Å²) >= 11 is 0. The van der Waals surface area contributed by atoms with Crippen molar-refractivity contribution in [1.29, 1.82) is 0 Å². The molecule has 0 aliphatic carbocycles. The molecule has 0 radical (unpaired) electrons. The van der Waals surface area contributed by atoms with Crippen LogP contribution in [-0.2, 0) is 0 Å². The van der Waals surface area contributed by atoms with E-state index in [1.54, 1.807) is 15.6 Å². The SMILES string of the molecule is CC[Si@@](C)(CC(C)C)c1ccccc1[Si@@](C)(CC)c1ccccc1. The molecule has 2 aromatic rings. The van der Waals surface area contributed by atoms with Crippen LogP contribution in [0.3, 0.4) is 0 Å². The smallest absolute Gasteiger partial charge is 0.0675 e. The minimum absolute atomic E-state index is 0.779. The van der Waals surface area contributed by atoms with Gasteiger partial charge in [0, 0.05) is 0 Å². The first-order valence-electron chi connectivity index (χ1n) is 9.53. The van der Waals surface area contributed by atoms with Gasteiger partial charge in [-0.25, -0.2) is 0 Å². The minimum atomic E-state index is -1.66. The van der Waals surface area contributed by atoms with E-state index < -0.39 is 16.1 Å². The molecule has 2 aromatic carbocycles. The van der Waals surface area contributed by atoms with Crippen molar-refractivity contribution >= 4 is 31.7 Å². The van der Waals surface area contributed by atoms with Crippen molar-refractivity contribution in [3.63, 3.8) is 0 Å². The third-order valence-electron chi connectivity index (χ3n) is 5.93. The summed E-state index contributed by atoms with van der Waals surface area (Å²) in [6.07, 6.45) is 0. The van der Waals surface area contributed by atoms with Gasteiger partial charge in [-0.05, 0) is 5.92 Å². The third-order valence-corrected chi connectivity index (χ3v) is 15.8. The van der Waals surface area contributed by atoms with Gasteiger partial charge in [-0.1, -0.05) is 129 Å². The van der Waals surface area contributed by atoms with E-state index in [4.69, 9.17) is 0 Å². The Balaban J connectivity index is 2.63. The second-order valence-corrected chi connectivity index (χ2v) is 17.4. The number of benzene rings is 2. The molecule has 0 aliphatic rings. The Hall–Kier alpha value is -1.13. The number of hydrogen-bond acceptors (Lipinski definition) is 0.